The monoisotopic (exact) mass is 600 g/mol. The molecule has 0 unspecified atom stereocenters. The SMILES string of the molecule is CN(CCN1CCC(OC(=O)Nc2ccccc2-c2ccccc2)CC1)C(=O)CCCCCN(C)c1ccc(C(=O)O)cc1. The number of hydrogen-bond acceptors (Lipinski definition) is 6. The van der Waals surface area contributed by atoms with E-state index in [-0.39, 0.29) is 17.6 Å². The normalized spacial score (nSPS) is 13.7. The van der Waals surface area contributed by atoms with E-state index in [2.05, 4.69) is 15.1 Å². The Hall–Kier alpha value is -4.37. The highest BCUT2D eigenvalue weighted by Crippen LogP contribution is 2.28. The highest BCUT2D eigenvalue weighted by Gasteiger charge is 2.23. The van der Waals surface area contributed by atoms with Gasteiger partial charge >= 0.3 is 12.1 Å². The van der Waals surface area contributed by atoms with Crippen molar-refractivity contribution in [3.8, 4) is 11.1 Å². The molecule has 1 aliphatic rings. The first-order chi connectivity index (χ1) is 21.3. The molecule has 4 rings (SSSR count). The molecule has 0 aliphatic carbocycles. The summed E-state index contributed by atoms with van der Waals surface area (Å²) in [7, 11) is 3.86. The van der Waals surface area contributed by atoms with Gasteiger partial charge in [0.15, 0.2) is 0 Å². The largest absolute Gasteiger partial charge is 0.478 e. The van der Waals surface area contributed by atoms with Gasteiger partial charge in [0.05, 0.1) is 11.3 Å². The summed E-state index contributed by atoms with van der Waals surface area (Å²) in [6.45, 7) is 3.98. The van der Waals surface area contributed by atoms with Gasteiger partial charge in [-0.05, 0) is 61.6 Å². The number of carbonyl (C=O) groups excluding carboxylic acids is 2. The number of anilines is 2. The maximum atomic E-state index is 12.7. The summed E-state index contributed by atoms with van der Waals surface area (Å²) in [6, 6.07) is 24.5. The number of carboxylic acid groups (broad SMARTS) is 1. The summed E-state index contributed by atoms with van der Waals surface area (Å²) in [5.74, 6) is -0.764. The summed E-state index contributed by atoms with van der Waals surface area (Å²) in [5, 5.41) is 12.0. The van der Waals surface area contributed by atoms with Gasteiger partial charge in [0.25, 0.3) is 0 Å². The van der Waals surface area contributed by atoms with Gasteiger partial charge < -0.3 is 24.5 Å². The van der Waals surface area contributed by atoms with Gasteiger partial charge in [0.2, 0.25) is 5.91 Å². The van der Waals surface area contributed by atoms with E-state index in [0.29, 0.717) is 13.0 Å². The Labute approximate surface area is 260 Å². The molecule has 44 heavy (non-hydrogen) atoms. The number of piperidine rings is 1. The fraction of sp³-hybridized carbons (Fsp3) is 0.400. The molecule has 0 spiro atoms. The van der Waals surface area contributed by atoms with Crippen molar-refractivity contribution in [1.82, 2.24) is 9.80 Å². The fourth-order valence-corrected chi connectivity index (χ4v) is 5.40. The van der Waals surface area contributed by atoms with E-state index < -0.39 is 12.1 Å². The molecule has 1 saturated heterocycles. The molecule has 2 amide bonds. The Kier molecular flexibility index (Phi) is 12.2. The molecule has 0 atom stereocenters. The number of nitrogens with one attached hydrogen (secondary N) is 1. The van der Waals surface area contributed by atoms with Gasteiger partial charge in [0, 0.05) is 64.5 Å². The second kappa shape index (κ2) is 16.5. The van der Waals surface area contributed by atoms with Gasteiger partial charge in [-0.1, -0.05) is 55.0 Å². The predicted octanol–water partition coefficient (Wildman–Crippen LogP) is 6.22. The molecule has 2 N–H and O–H groups in total. The van der Waals surface area contributed by atoms with Crippen LogP contribution in [0.25, 0.3) is 11.1 Å². The molecule has 1 fully saturated rings. The number of carbonyl (C=O) groups is 3. The van der Waals surface area contributed by atoms with Gasteiger partial charge in [0.1, 0.15) is 6.10 Å². The number of nitrogens with zero attached hydrogens (tertiary/aromatic N) is 3. The lowest BCUT2D eigenvalue weighted by Crippen LogP contribution is -2.42. The molecule has 1 aliphatic heterocycles. The Morgan fingerprint density at radius 1 is 0.864 bits per heavy atom. The minimum atomic E-state index is -0.924. The maximum Gasteiger partial charge on any atom is 0.411 e. The molecule has 1 heterocycles. The zero-order chi connectivity index (χ0) is 31.3. The van der Waals surface area contributed by atoms with Crippen molar-refractivity contribution in [2.24, 2.45) is 0 Å². The lowest BCUT2D eigenvalue weighted by molar-refractivity contribution is -0.130. The van der Waals surface area contributed by atoms with Crippen LogP contribution in [-0.2, 0) is 9.53 Å². The molecule has 3 aromatic rings. The van der Waals surface area contributed by atoms with Crippen molar-refractivity contribution in [3.05, 3.63) is 84.4 Å². The number of unbranched alkanes of at least 4 members (excludes halogenated alkanes) is 2. The van der Waals surface area contributed by atoms with Crippen LogP contribution in [0.5, 0.6) is 0 Å². The highest BCUT2D eigenvalue weighted by molar-refractivity contribution is 5.91. The molecule has 0 bridgehead atoms. The number of aromatic carboxylic acids is 1. The Morgan fingerprint density at radius 2 is 1.55 bits per heavy atom. The number of likely N-dealkylation sites (tertiary alicyclic amines) is 1. The number of para-hydroxylation sites is 1. The van der Waals surface area contributed by atoms with E-state index in [1.165, 1.54) is 0 Å². The summed E-state index contributed by atoms with van der Waals surface area (Å²) >= 11 is 0. The number of amides is 2. The zero-order valence-corrected chi connectivity index (χ0v) is 25.8. The molecule has 9 heteroatoms. The van der Waals surface area contributed by atoms with Crippen LogP contribution in [0.1, 0.15) is 48.9 Å². The smallest absolute Gasteiger partial charge is 0.411 e. The first-order valence-corrected chi connectivity index (χ1v) is 15.4. The van der Waals surface area contributed by atoms with Gasteiger partial charge in [-0.3, -0.25) is 10.1 Å². The Balaban J connectivity index is 1.08. The summed E-state index contributed by atoms with van der Waals surface area (Å²) in [6.07, 6.45) is 4.27. The molecule has 0 saturated carbocycles. The maximum absolute atomic E-state index is 12.7. The Bertz CT molecular complexity index is 1360. The topological polar surface area (TPSA) is 102 Å². The number of hydrogen-bond donors (Lipinski definition) is 2. The predicted molar refractivity (Wildman–Crippen MR) is 174 cm³/mol. The number of benzene rings is 3. The molecular formula is C35H44N4O5. The van der Waals surface area contributed by atoms with Crippen molar-refractivity contribution >= 4 is 29.3 Å². The molecule has 234 valence electrons. The third-order valence-corrected chi connectivity index (χ3v) is 8.17. The standard InChI is InChI=1S/C35H44N4O5/c1-37(29-18-16-28(17-19-29)34(41)42)22-10-4-7-15-33(40)38(2)25-26-39-23-20-30(21-24-39)44-35(43)36-32-14-9-8-13-31(32)27-11-5-3-6-12-27/h3,5-6,8-9,11-14,16-19,30H,4,7,10,15,20-26H2,1-2H3,(H,36,43)(H,41,42). The van der Waals surface area contributed by atoms with E-state index in [4.69, 9.17) is 9.84 Å². The quantitative estimate of drug-likeness (QED) is 0.212. The molecule has 0 radical (unpaired) electrons. The summed E-state index contributed by atoms with van der Waals surface area (Å²) in [5.41, 5.74) is 3.98. The average Bonchev–Trinajstić information content (AvgIpc) is 3.04. The average molecular weight is 601 g/mol. The van der Waals surface area contributed by atoms with Crippen molar-refractivity contribution in [2.45, 2.75) is 44.6 Å². The second-order valence-corrected chi connectivity index (χ2v) is 11.4. The summed E-state index contributed by atoms with van der Waals surface area (Å²) in [4.78, 5) is 42.6. The highest BCUT2D eigenvalue weighted by atomic mass is 16.6. The Morgan fingerprint density at radius 3 is 2.25 bits per heavy atom. The second-order valence-electron chi connectivity index (χ2n) is 11.4. The van der Waals surface area contributed by atoms with Gasteiger partial charge in [-0.2, -0.15) is 0 Å². The van der Waals surface area contributed by atoms with Crippen molar-refractivity contribution in [2.75, 3.05) is 57.0 Å². The van der Waals surface area contributed by atoms with Crippen LogP contribution in [0.4, 0.5) is 16.2 Å². The molecule has 3 aromatic carbocycles. The van der Waals surface area contributed by atoms with E-state index in [1.807, 2.05) is 85.7 Å². The number of ether oxygens (including phenoxy) is 1. The van der Waals surface area contributed by atoms with Gasteiger partial charge in [-0.25, -0.2) is 9.59 Å². The number of likely N-dealkylation sites (N-methyl/N-ethyl adjacent to an activating group) is 1. The third kappa shape index (κ3) is 9.84. The lowest BCUT2D eigenvalue weighted by atomic mass is 10.0. The first-order valence-electron chi connectivity index (χ1n) is 15.4. The molecule has 0 aromatic heterocycles. The van der Waals surface area contributed by atoms with Crippen LogP contribution in [0.15, 0.2) is 78.9 Å². The number of rotatable bonds is 14. The van der Waals surface area contributed by atoms with E-state index in [0.717, 1.165) is 80.8 Å². The van der Waals surface area contributed by atoms with Crippen LogP contribution in [-0.4, -0.2) is 85.8 Å². The van der Waals surface area contributed by atoms with E-state index >= 15 is 0 Å². The fourth-order valence-electron chi connectivity index (χ4n) is 5.40. The van der Waals surface area contributed by atoms with Crippen LogP contribution < -0.4 is 10.2 Å². The first kappa shape index (κ1) is 32.5. The third-order valence-electron chi connectivity index (χ3n) is 8.17. The van der Waals surface area contributed by atoms with Crippen LogP contribution in [0.2, 0.25) is 0 Å². The van der Waals surface area contributed by atoms with Crippen molar-refractivity contribution in [1.29, 1.82) is 0 Å². The minimum absolute atomic E-state index is 0.127. The molecular weight excluding hydrogens is 556 g/mol. The van der Waals surface area contributed by atoms with E-state index in [9.17, 15) is 14.4 Å². The lowest BCUT2D eigenvalue weighted by Gasteiger charge is -2.32. The molecule has 9 nitrogen and oxygen atoms in total. The summed E-state index contributed by atoms with van der Waals surface area (Å²) < 4.78 is 5.75. The van der Waals surface area contributed by atoms with Crippen LogP contribution in [0, 0.1) is 0 Å². The van der Waals surface area contributed by atoms with Crippen molar-refractivity contribution in [3.63, 3.8) is 0 Å². The minimum Gasteiger partial charge on any atom is -0.478 e. The zero-order valence-electron chi connectivity index (χ0n) is 25.8. The van der Waals surface area contributed by atoms with E-state index in [1.54, 1.807) is 12.1 Å². The van der Waals surface area contributed by atoms with Crippen LogP contribution in [0.3, 0.4) is 0 Å². The number of carboxylic acids is 1. The van der Waals surface area contributed by atoms with Crippen LogP contribution >= 0.6 is 0 Å². The van der Waals surface area contributed by atoms with Gasteiger partial charge in [-0.15, -0.1) is 0 Å². The van der Waals surface area contributed by atoms with Crippen molar-refractivity contribution < 1.29 is 24.2 Å².